The number of rotatable bonds is 5. The predicted octanol–water partition coefficient (Wildman–Crippen LogP) is 4.57. The first-order valence-corrected chi connectivity index (χ1v) is 8.50. The van der Waals surface area contributed by atoms with Gasteiger partial charge in [-0.2, -0.15) is 18.3 Å². The van der Waals surface area contributed by atoms with E-state index in [4.69, 9.17) is 4.74 Å². The van der Waals surface area contributed by atoms with Crippen LogP contribution in [0.15, 0.2) is 18.3 Å². The Kier molecular flexibility index (Phi) is 4.47. The minimum atomic E-state index is -4.50. The van der Waals surface area contributed by atoms with E-state index in [2.05, 4.69) is 5.10 Å². The molecule has 25 heavy (non-hydrogen) atoms. The molecule has 3 rings (SSSR count). The number of nitrogens with zero attached hydrogens (tertiary/aromatic N) is 2. The quantitative estimate of drug-likeness (QED) is 0.854. The van der Waals surface area contributed by atoms with Gasteiger partial charge in [-0.25, -0.2) is 0 Å². The lowest BCUT2D eigenvalue weighted by atomic mass is 9.77. The van der Waals surface area contributed by atoms with Crippen molar-refractivity contribution in [1.82, 2.24) is 9.78 Å². The largest absolute Gasteiger partial charge is 0.494 e. The van der Waals surface area contributed by atoms with Gasteiger partial charge >= 0.3 is 6.18 Å². The maximum atomic E-state index is 13.6. The molecule has 1 aromatic heterocycles. The van der Waals surface area contributed by atoms with Crippen LogP contribution >= 0.6 is 0 Å². The van der Waals surface area contributed by atoms with Crippen LogP contribution in [0.5, 0.6) is 5.75 Å². The summed E-state index contributed by atoms with van der Waals surface area (Å²) in [5.41, 5.74) is -1.51. The Labute approximate surface area is 144 Å². The highest BCUT2D eigenvalue weighted by molar-refractivity contribution is 5.84. The van der Waals surface area contributed by atoms with Crippen molar-refractivity contribution in [2.24, 2.45) is 5.92 Å². The number of ether oxygens (including phenoxy) is 1. The van der Waals surface area contributed by atoms with Gasteiger partial charge in [0, 0.05) is 5.39 Å². The summed E-state index contributed by atoms with van der Waals surface area (Å²) in [5.74, 6) is 0.626. The molecular weight excluding hydrogens is 333 g/mol. The Morgan fingerprint density at radius 3 is 2.60 bits per heavy atom. The summed E-state index contributed by atoms with van der Waals surface area (Å²) in [5, 5.41) is 14.4. The number of aromatic nitrogens is 2. The number of hydrogen-bond donors (Lipinski definition) is 1. The topological polar surface area (TPSA) is 47.3 Å². The van der Waals surface area contributed by atoms with Crippen LogP contribution in [0.3, 0.4) is 0 Å². The fourth-order valence-corrected chi connectivity index (χ4v) is 3.28. The Hall–Kier alpha value is -1.76. The Morgan fingerprint density at radius 1 is 1.36 bits per heavy atom. The van der Waals surface area contributed by atoms with Crippen molar-refractivity contribution < 1.29 is 23.0 Å². The van der Waals surface area contributed by atoms with Gasteiger partial charge in [0.2, 0.25) is 0 Å². The lowest BCUT2D eigenvalue weighted by molar-refractivity contribution is -0.136. The van der Waals surface area contributed by atoms with E-state index < -0.39 is 17.3 Å². The van der Waals surface area contributed by atoms with Crippen molar-refractivity contribution in [3.05, 3.63) is 23.9 Å². The highest BCUT2D eigenvalue weighted by Gasteiger charge is 2.42. The van der Waals surface area contributed by atoms with E-state index in [-0.39, 0.29) is 17.3 Å². The van der Waals surface area contributed by atoms with Gasteiger partial charge in [-0.05, 0) is 44.2 Å². The molecular formula is C18H23F3N2O2. The van der Waals surface area contributed by atoms with Gasteiger partial charge in [0.1, 0.15) is 5.75 Å². The van der Waals surface area contributed by atoms with Crippen LogP contribution in [0.25, 0.3) is 10.9 Å². The average molecular weight is 356 g/mol. The number of hydrogen-bond acceptors (Lipinski definition) is 3. The predicted molar refractivity (Wildman–Crippen MR) is 88.6 cm³/mol. The van der Waals surface area contributed by atoms with E-state index in [9.17, 15) is 18.3 Å². The van der Waals surface area contributed by atoms with E-state index in [0.717, 1.165) is 12.5 Å². The molecule has 1 heterocycles. The summed E-state index contributed by atoms with van der Waals surface area (Å²) in [4.78, 5) is 0. The molecule has 138 valence electrons. The molecule has 1 fully saturated rings. The number of halogens is 3. The first-order valence-electron chi connectivity index (χ1n) is 8.50. The van der Waals surface area contributed by atoms with E-state index in [1.54, 1.807) is 13.0 Å². The summed E-state index contributed by atoms with van der Waals surface area (Å²) in [7, 11) is 0. The molecule has 4 nitrogen and oxygen atoms in total. The Morgan fingerprint density at radius 2 is 2.04 bits per heavy atom. The zero-order valence-corrected chi connectivity index (χ0v) is 14.6. The monoisotopic (exact) mass is 356 g/mol. The van der Waals surface area contributed by atoms with Crippen molar-refractivity contribution in [2.75, 3.05) is 6.61 Å². The first kappa shape index (κ1) is 18.0. The molecule has 1 aliphatic rings. The van der Waals surface area contributed by atoms with Gasteiger partial charge in [-0.1, -0.05) is 13.8 Å². The van der Waals surface area contributed by atoms with Crippen molar-refractivity contribution in [2.45, 2.75) is 57.9 Å². The molecule has 1 aliphatic carbocycles. The number of aliphatic hydroxyl groups is 1. The van der Waals surface area contributed by atoms with Crippen LogP contribution in [0.4, 0.5) is 13.2 Å². The van der Waals surface area contributed by atoms with Gasteiger partial charge in [0.25, 0.3) is 0 Å². The summed E-state index contributed by atoms with van der Waals surface area (Å²) in [6.45, 7) is 6.12. The van der Waals surface area contributed by atoms with Crippen LogP contribution in [0, 0.1) is 5.92 Å². The molecule has 0 saturated heterocycles. The summed E-state index contributed by atoms with van der Waals surface area (Å²) >= 11 is 0. The molecule has 1 saturated carbocycles. The fraction of sp³-hybridized carbons (Fsp3) is 0.611. The van der Waals surface area contributed by atoms with Gasteiger partial charge in [-0.3, -0.25) is 4.68 Å². The molecule has 0 bridgehead atoms. The van der Waals surface area contributed by atoms with E-state index >= 15 is 0 Å². The third-order valence-electron chi connectivity index (χ3n) is 4.63. The third-order valence-corrected chi connectivity index (χ3v) is 4.63. The second kappa shape index (κ2) is 6.20. The second-order valence-corrected chi connectivity index (χ2v) is 7.59. The average Bonchev–Trinajstić information content (AvgIpc) is 2.85. The maximum Gasteiger partial charge on any atom is 0.418 e. The van der Waals surface area contributed by atoms with Crippen molar-refractivity contribution in [1.29, 1.82) is 0 Å². The highest BCUT2D eigenvalue weighted by Crippen LogP contribution is 2.44. The number of fused-ring (bicyclic) bond motifs is 1. The fourth-order valence-electron chi connectivity index (χ4n) is 3.28. The first-order chi connectivity index (χ1) is 11.6. The normalized spacial score (nSPS) is 23.9. The minimum Gasteiger partial charge on any atom is -0.494 e. The minimum absolute atomic E-state index is 0.0595. The Bertz CT molecular complexity index is 758. The van der Waals surface area contributed by atoms with E-state index in [1.807, 2.05) is 13.8 Å². The SMILES string of the molecule is CC(C)CCOc1cc(C(F)(F)F)c2c(cnn2[C@H]2C[C@](C)(O)C2)c1. The van der Waals surface area contributed by atoms with Crippen molar-refractivity contribution in [3.63, 3.8) is 0 Å². The highest BCUT2D eigenvalue weighted by atomic mass is 19.4. The third kappa shape index (κ3) is 3.76. The molecule has 0 atom stereocenters. The molecule has 0 aliphatic heterocycles. The summed E-state index contributed by atoms with van der Waals surface area (Å²) < 4.78 is 47.7. The van der Waals surface area contributed by atoms with Gasteiger partial charge in [-0.15, -0.1) is 0 Å². The van der Waals surface area contributed by atoms with Crippen molar-refractivity contribution in [3.8, 4) is 5.75 Å². The summed E-state index contributed by atoms with van der Waals surface area (Å²) in [6, 6.07) is 2.43. The molecule has 0 amide bonds. The molecule has 0 spiro atoms. The lowest BCUT2D eigenvalue weighted by Gasteiger charge is -2.41. The van der Waals surface area contributed by atoms with Crippen LogP contribution in [-0.2, 0) is 6.18 Å². The molecule has 7 heteroatoms. The molecule has 0 radical (unpaired) electrons. The van der Waals surface area contributed by atoms with E-state index in [0.29, 0.717) is 30.8 Å². The van der Waals surface area contributed by atoms with Gasteiger partial charge < -0.3 is 9.84 Å². The van der Waals surface area contributed by atoms with Gasteiger partial charge in [0.15, 0.2) is 0 Å². The standard InChI is InChI=1S/C18H23F3N2O2/c1-11(2)4-5-25-14-6-12-10-22-23(13-8-17(3,24)9-13)16(12)15(7-14)18(19,20)21/h6-7,10-11,13,24H,4-5,8-9H2,1-3H3/t13-,17-. The molecule has 2 aromatic rings. The Balaban J connectivity index is 1.97. The zero-order valence-electron chi connectivity index (χ0n) is 14.6. The summed E-state index contributed by atoms with van der Waals surface area (Å²) in [6.07, 6.45) is -1.50. The molecule has 1 aromatic carbocycles. The lowest BCUT2D eigenvalue weighted by Crippen LogP contribution is -2.42. The number of benzene rings is 1. The smallest absolute Gasteiger partial charge is 0.418 e. The molecule has 0 unspecified atom stereocenters. The van der Waals surface area contributed by atoms with Crippen LogP contribution in [0.2, 0.25) is 0 Å². The van der Waals surface area contributed by atoms with Crippen LogP contribution < -0.4 is 4.74 Å². The maximum absolute atomic E-state index is 13.6. The van der Waals surface area contributed by atoms with Crippen LogP contribution in [0.1, 0.15) is 51.6 Å². The van der Waals surface area contributed by atoms with E-state index in [1.165, 1.54) is 10.9 Å². The van der Waals surface area contributed by atoms with Crippen molar-refractivity contribution >= 4 is 10.9 Å². The number of alkyl halides is 3. The van der Waals surface area contributed by atoms with Gasteiger partial charge in [0.05, 0.1) is 35.5 Å². The van der Waals surface area contributed by atoms with Crippen LogP contribution in [-0.4, -0.2) is 27.1 Å². The second-order valence-electron chi connectivity index (χ2n) is 7.59. The zero-order chi connectivity index (χ0) is 18.4. The molecule has 1 N–H and O–H groups in total.